The third-order valence-electron chi connectivity index (χ3n) is 2.75. The highest BCUT2D eigenvalue weighted by molar-refractivity contribution is 7.91. The molecule has 0 aromatic heterocycles. The summed E-state index contributed by atoms with van der Waals surface area (Å²) in [5, 5.41) is 9.33. The van der Waals surface area contributed by atoms with Gasteiger partial charge in [-0.05, 0) is 29.8 Å². The van der Waals surface area contributed by atoms with Crippen LogP contribution in [0.15, 0.2) is 42.5 Å². The van der Waals surface area contributed by atoms with Crippen LogP contribution in [-0.2, 0) is 15.8 Å². The number of anilines is 2. The van der Waals surface area contributed by atoms with Gasteiger partial charge in [0.15, 0.2) is 0 Å². The van der Waals surface area contributed by atoms with Crippen LogP contribution in [0.1, 0.15) is 11.1 Å². The third-order valence-corrected chi connectivity index (χ3v) is 4.33. The Bertz CT molecular complexity index is 813. The van der Waals surface area contributed by atoms with Gasteiger partial charge in [-0.15, -0.1) is 0 Å². The second kappa shape index (κ2) is 6.04. The predicted octanol–water partition coefficient (Wildman–Crippen LogP) is 2.74. The monoisotopic (exact) mass is 321 g/mol. The van der Waals surface area contributed by atoms with Crippen molar-refractivity contribution in [3.8, 4) is 6.07 Å². The molecule has 0 aliphatic rings. The maximum atomic E-state index is 12.1. The Hall–Kier alpha value is -2.23. The lowest BCUT2D eigenvalue weighted by atomic mass is 10.1. The van der Waals surface area contributed by atoms with Gasteiger partial charge in [-0.3, -0.25) is 4.72 Å². The Balaban J connectivity index is 2.23. The van der Waals surface area contributed by atoms with Crippen LogP contribution in [-0.4, -0.2) is 8.42 Å². The largest absolute Gasteiger partial charge is 0.397 e. The Morgan fingerprint density at radius 1 is 1.24 bits per heavy atom. The summed E-state index contributed by atoms with van der Waals surface area (Å²) in [5.74, 6) is -0.292. The highest BCUT2D eigenvalue weighted by Crippen LogP contribution is 2.23. The van der Waals surface area contributed by atoms with E-state index in [1.54, 1.807) is 24.3 Å². The SMILES string of the molecule is N#Cc1ccccc1CS(=O)(=O)Nc1ccc(Cl)c(N)c1. The fraction of sp³-hybridized carbons (Fsp3) is 0.0714. The molecule has 2 rings (SSSR count). The van der Waals surface area contributed by atoms with Crippen molar-refractivity contribution in [1.82, 2.24) is 0 Å². The van der Waals surface area contributed by atoms with E-state index >= 15 is 0 Å². The molecule has 2 aromatic carbocycles. The first kappa shape index (κ1) is 15.2. The minimum atomic E-state index is -3.65. The van der Waals surface area contributed by atoms with Crippen molar-refractivity contribution in [2.24, 2.45) is 0 Å². The van der Waals surface area contributed by atoms with Gasteiger partial charge < -0.3 is 5.73 Å². The summed E-state index contributed by atoms with van der Waals surface area (Å²) >= 11 is 5.78. The van der Waals surface area contributed by atoms with Gasteiger partial charge in [0.2, 0.25) is 10.0 Å². The van der Waals surface area contributed by atoms with Crippen molar-refractivity contribution in [1.29, 1.82) is 5.26 Å². The highest BCUT2D eigenvalue weighted by atomic mass is 35.5. The van der Waals surface area contributed by atoms with Crippen LogP contribution in [0.4, 0.5) is 11.4 Å². The lowest BCUT2D eigenvalue weighted by molar-refractivity contribution is 0.600. The summed E-state index contributed by atoms with van der Waals surface area (Å²) in [7, 11) is -3.65. The van der Waals surface area contributed by atoms with Crippen LogP contribution in [0, 0.1) is 11.3 Å². The molecule has 0 amide bonds. The molecular weight excluding hydrogens is 310 g/mol. The van der Waals surface area contributed by atoms with Crippen molar-refractivity contribution in [3.05, 3.63) is 58.6 Å². The number of nitriles is 1. The number of nitrogens with zero attached hydrogens (tertiary/aromatic N) is 1. The molecule has 0 radical (unpaired) electrons. The van der Waals surface area contributed by atoms with Crippen LogP contribution in [0.2, 0.25) is 5.02 Å². The standard InChI is InChI=1S/C14H12ClN3O2S/c15-13-6-5-12(7-14(13)17)18-21(19,20)9-11-4-2-1-3-10(11)8-16/h1-7,18H,9,17H2. The molecule has 2 aromatic rings. The molecule has 0 saturated heterocycles. The van der Waals surface area contributed by atoms with Gasteiger partial charge in [0.1, 0.15) is 0 Å². The van der Waals surface area contributed by atoms with E-state index in [2.05, 4.69) is 4.72 Å². The zero-order valence-electron chi connectivity index (χ0n) is 10.9. The number of hydrogen-bond donors (Lipinski definition) is 2. The highest BCUT2D eigenvalue weighted by Gasteiger charge is 2.14. The molecule has 7 heteroatoms. The van der Waals surface area contributed by atoms with Gasteiger partial charge >= 0.3 is 0 Å². The summed E-state index contributed by atoms with van der Waals surface area (Å²) in [6.07, 6.45) is 0. The lowest BCUT2D eigenvalue weighted by Gasteiger charge is -2.10. The zero-order valence-corrected chi connectivity index (χ0v) is 12.4. The van der Waals surface area contributed by atoms with E-state index in [4.69, 9.17) is 22.6 Å². The zero-order chi connectivity index (χ0) is 15.5. The van der Waals surface area contributed by atoms with Crippen molar-refractivity contribution in [2.45, 2.75) is 5.75 Å². The molecule has 0 bridgehead atoms. The van der Waals surface area contributed by atoms with Gasteiger partial charge in [-0.1, -0.05) is 29.8 Å². The van der Waals surface area contributed by atoms with Gasteiger partial charge in [0.05, 0.1) is 33.8 Å². The molecule has 0 aliphatic carbocycles. The molecule has 0 spiro atoms. The van der Waals surface area contributed by atoms with Crippen LogP contribution in [0.25, 0.3) is 0 Å². The second-order valence-corrected chi connectivity index (χ2v) is 6.50. The number of halogens is 1. The van der Waals surface area contributed by atoms with Crippen molar-refractivity contribution < 1.29 is 8.42 Å². The third kappa shape index (κ3) is 3.88. The van der Waals surface area contributed by atoms with Crippen LogP contribution in [0.3, 0.4) is 0 Å². The van der Waals surface area contributed by atoms with E-state index in [1.807, 2.05) is 6.07 Å². The summed E-state index contributed by atoms with van der Waals surface area (Å²) < 4.78 is 26.7. The van der Waals surface area contributed by atoms with Crippen molar-refractivity contribution in [2.75, 3.05) is 10.5 Å². The first-order chi connectivity index (χ1) is 9.91. The number of hydrogen-bond acceptors (Lipinski definition) is 4. The van der Waals surface area contributed by atoms with Crippen molar-refractivity contribution in [3.63, 3.8) is 0 Å². The Labute approximate surface area is 128 Å². The summed E-state index contributed by atoms with van der Waals surface area (Å²) in [5.41, 5.74) is 7.01. The molecule has 0 fully saturated rings. The molecule has 3 N–H and O–H groups in total. The topological polar surface area (TPSA) is 96.0 Å². The normalized spacial score (nSPS) is 10.9. The smallest absolute Gasteiger partial charge is 0.236 e. The maximum Gasteiger partial charge on any atom is 0.236 e. The number of benzene rings is 2. The van der Waals surface area contributed by atoms with E-state index in [0.717, 1.165) is 0 Å². The van der Waals surface area contributed by atoms with Crippen molar-refractivity contribution >= 4 is 33.0 Å². The Morgan fingerprint density at radius 3 is 2.62 bits per heavy atom. The van der Waals surface area contributed by atoms with Gasteiger partial charge in [0, 0.05) is 0 Å². The number of nitrogens with two attached hydrogens (primary N) is 1. The van der Waals surface area contributed by atoms with Crippen LogP contribution in [0.5, 0.6) is 0 Å². The Morgan fingerprint density at radius 2 is 1.95 bits per heavy atom. The number of nitrogens with one attached hydrogen (secondary N) is 1. The maximum absolute atomic E-state index is 12.1. The first-order valence-electron chi connectivity index (χ1n) is 5.95. The summed E-state index contributed by atoms with van der Waals surface area (Å²) in [6.45, 7) is 0. The fourth-order valence-electron chi connectivity index (χ4n) is 1.78. The molecule has 108 valence electrons. The molecule has 5 nitrogen and oxygen atoms in total. The molecular formula is C14H12ClN3O2S. The van der Waals surface area contributed by atoms with E-state index < -0.39 is 10.0 Å². The number of nitrogen functional groups attached to an aromatic ring is 1. The Kier molecular flexibility index (Phi) is 4.36. The van der Waals surface area contributed by atoms with Crippen LogP contribution < -0.4 is 10.5 Å². The summed E-state index contributed by atoms with van der Waals surface area (Å²) in [4.78, 5) is 0. The van der Waals surface area contributed by atoms with Gasteiger partial charge in [-0.2, -0.15) is 5.26 Å². The minimum absolute atomic E-state index is 0.286. The van der Waals surface area contributed by atoms with Gasteiger partial charge in [-0.25, -0.2) is 8.42 Å². The predicted molar refractivity (Wildman–Crippen MR) is 83.3 cm³/mol. The molecule has 0 atom stereocenters. The first-order valence-corrected chi connectivity index (χ1v) is 7.98. The molecule has 0 saturated carbocycles. The average molecular weight is 322 g/mol. The van der Waals surface area contributed by atoms with Gasteiger partial charge in [0.25, 0.3) is 0 Å². The van der Waals surface area contributed by atoms with E-state index in [9.17, 15) is 8.42 Å². The minimum Gasteiger partial charge on any atom is -0.397 e. The van der Waals surface area contributed by atoms with Crippen LogP contribution >= 0.6 is 11.6 Å². The van der Waals surface area contributed by atoms with E-state index in [0.29, 0.717) is 21.8 Å². The second-order valence-electron chi connectivity index (χ2n) is 4.37. The average Bonchev–Trinajstić information content (AvgIpc) is 2.43. The fourth-order valence-corrected chi connectivity index (χ4v) is 3.12. The van der Waals surface area contributed by atoms with E-state index in [-0.39, 0.29) is 11.4 Å². The quantitative estimate of drug-likeness (QED) is 0.846. The number of sulfonamides is 1. The molecule has 0 heterocycles. The molecule has 21 heavy (non-hydrogen) atoms. The van der Waals surface area contributed by atoms with E-state index in [1.165, 1.54) is 18.2 Å². The lowest BCUT2D eigenvalue weighted by Crippen LogP contribution is -2.15. The number of rotatable bonds is 4. The molecule has 0 unspecified atom stereocenters. The molecule has 0 aliphatic heterocycles. The summed E-state index contributed by atoms with van der Waals surface area (Å²) in [6, 6.07) is 13.0.